The second-order valence-electron chi connectivity index (χ2n) is 11.9. The van der Waals surface area contributed by atoms with Crippen molar-refractivity contribution in [1.82, 2.24) is 0 Å². The average molecular weight is 625 g/mol. The highest BCUT2D eigenvalue weighted by Gasteiger charge is 2.44. The highest BCUT2D eigenvalue weighted by atomic mass is 16.5. The topological polar surface area (TPSA) is 201 Å². The molecule has 11 nitrogen and oxygen atoms in total. The zero-order valence-electron chi connectivity index (χ0n) is 24.8. The summed E-state index contributed by atoms with van der Waals surface area (Å²) < 4.78 is 11.0. The summed E-state index contributed by atoms with van der Waals surface area (Å²) in [6, 6.07) is 10.8. The van der Waals surface area contributed by atoms with Crippen LogP contribution in [0.4, 0.5) is 0 Å². The van der Waals surface area contributed by atoms with Crippen molar-refractivity contribution in [2.24, 2.45) is 0 Å². The molecule has 0 aromatic heterocycles. The third kappa shape index (κ3) is 6.41. The zero-order chi connectivity index (χ0) is 32.5. The standard InChI is InChI=1S/C34H40O11/c1-2-3-4-13-34(43)22-14-18(7-11-24-28(37)32(41)30(39)26(16-35)44-24)5-9-20(22)21-10-6-19(15-23(21)34)8-12-25-29(38)33(42)31(40)27(17-36)45-25/h5-6,9-10,14-15,24-33,35-43H,2-4,13,16-17H2,1H3. The van der Waals surface area contributed by atoms with Crippen LogP contribution in [0.3, 0.4) is 0 Å². The van der Waals surface area contributed by atoms with Gasteiger partial charge in [0.05, 0.1) is 13.2 Å². The fourth-order valence-electron chi connectivity index (χ4n) is 6.19. The Morgan fingerprint density at radius 2 is 1.09 bits per heavy atom. The molecule has 0 spiro atoms. The first-order chi connectivity index (χ1) is 21.5. The molecule has 45 heavy (non-hydrogen) atoms. The number of rotatable bonds is 6. The van der Waals surface area contributed by atoms with Gasteiger partial charge in [0.15, 0.2) is 0 Å². The van der Waals surface area contributed by atoms with Crippen LogP contribution in [-0.2, 0) is 15.1 Å². The van der Waals surface area contributed by atoms with Gasteiger partial charge in [-0.3, -0.25) is 0 Å². The van der Waals surface area contributed by atoms with E-state index in [0.29, 0.717) is 28.7 Å². The normalized spacial score (nSPS) is 35.4. The third-order valence-electron chi connectivity index (χ3n) is 8.86. The van der Waals surface area contributed by atoms with Crippen LogP contribution in [-0.4, -0.2) is 120 Å². The van der Waals surface area contributed by atoms with E-state index >= 15 is 0 Å². The van der Waals surface area contributed by atoms with Crippen LogP contribution in [0.1, 0.15) is 54.9 Å². The molecular weight excluding hydrogens is 584 g/mol. The van der Waals surface area contributed by atoms with E-state index in [9.17, 15) is 46.0 Å². The van der Waals surface area contributed by atoms with E-state index in [0.717, 1.165) is 30.4 Å². The molecule has 2 fully saturated rings. The molecule has 2 aromatic carbocycles. The predicted octanol–water partition coefficient (Wildman–Crippen LogP) is -1.13. The van der Waals surface area contributed by atoms with Gasteiger partial charge in [-0.2, -0.15) is 0 Å². The molecule has 0 bridgehead atoms. The van der Waals surface area contributed by atoms with Crippen molar-refractivity contribution in [3.8, 4) is 34.8 Å². The minimum atomic E-state index is -1.54. The molecule has 242 valence electrons. The van der Waals surface area contributed by atoms with Crippen LogP contribution >= 0.6 is 0 Å². The van der Waals surface area contributed by atoms with Gasteiger partial charge >= 0.3 is 0 Å². The van der Waals surface area contributed by atoms with Crippen LogP contribution in [0.5, 0.6) is 0 Å². The maximum atomic E-state index is 12.2. The van der Waals surface area contributed by atoms with E-state index in [4.69, 9.17) is 9.47 Å². The lowest BCUT2D eigenvalue weighted by Crippen LogP contribution is -2.58. The summed E-state index contributed by atoms with van der Waals surface area (Å²) >= 11 is 0. The number of hydrogen-bond acceptors (Lipinski definition) is 11. The molecule has 2 aromatic rings. The van der Waals surface area contributed by atoms with E-state index in [2.05, 4.69) is 30.6 Å². The van der Waals surface area contributed by atoms with Crippen LogP contribution in [0, 0.1) is 23.7 Å². The Hall–Kier alpha value is -2.88. The lowest BCUT2D eigenvalue weighted by atomic mass is 9.85. The van der Waals surface area contributed by atoms with Crippen molar-refractivity contribution in [3.05, 3.63) is 58.7 Å². The Kier molecular flexibility index (Phi) is 10.3. The van der Waals surface area contributed by atoms with E-state index in [1.807, 2.05) is 12.1 Å². The summed E-state index contributed by atoms with van der Waals surface area (Å²) in [6.07, 6.45) is -10.4. The summed E-state index contributed by atoms with van der Waals surface area (Å²) in [5.41, 5.74) is 2.60. The molecular formula is C34H40O11. The van der Waals surface area contributed by atoms with Crippen LogP contribution in [0.2, 0.25) is 0 Å². The monoisotopic (exact) mass is 624 g/mol. The van der Waals surface area contributed by atoms with Crippen LogP contribution in [0.15, 0.2) is 36.4 Å². The Morgan fingerprint density at radius 3 is 1.49 bits per heavy atom. The molecule has 2 heterocycles. The number of ether oxygens (including phenoxy) is 2. The molecule has 2 saturated heterocycles. The SMILES string of the molecule is CCCCCC1(O)c2cc(C#CC3OC(CO)C(O)C(O)C3O)ccc2-c2ccc(C#CC3OC(CO)C(O)C(O)C3O)cc21. The van der Waals surface area contributed by atoms with Crippen molar-refractivity contribution >= 4 is 0 Å². The first kappa shape index (κ1) is 33.5. The minimum absolute atomic E-state index is 0.425. The summed E-state index contributed by atoms with van der Waals surface area (Å²) in [6.45, 7) is 0.958. The highest BCUT2D eigenvalue weighted by Crippen LogP contribution is 2.50. The van der Waals surface area contributed by atoms with Crippen LogP contribution < -0.4 is 0 Å². The summed E-state index contributed by atoms with van der Waals surface area (Å²) in [5, 5.41) is 92.2. The van der Waals surface area contributed by atoms with Crippen molar-refractivity contribution in [2.45, 2.75) is 99.2 Å². The molecule has 0 radical (unpaired) electrons. The Balaban J connectivity index is 1.46. The van der Waals surface area contributed by atoms with Gasteiger partial charge in [0.1, 0.15) is 66.6 Å². The second-order valence-corrected chi connectivity index (χ2v) is 11.9. The van der Waals surface area contributed by atoms with Crippen molar-refractivity contribution in [3.63, 3.8) is 0 Å². The largest absolute Gasteiger partial charge is 0.394 e. The lowest BCUT2D eigenvalue weighted by molar-refractivity contribution is -0.214. The van der Waals surface area contributed by atoms with E-state index in [1.54, 1.807) is 24.3 Å². The average Bonchev–Trinajstić information content (AvgIpc) is 3.29. The molecule has 10 atom stereocenters. The quantitative estimate of drug-likeness (QED) is 0.139. The molecule has 10 unspecified atom stereocenters. The van der Waals surface area contributed by atoms with E-state index < -0.39 is 79.9 Å². The Labute approximate surface area is 261 Å². The summed E-state index contributed by atoms with van der Waals surface area (Å²) in [5.74, 6) is 11.4. The molecule has 11 heteroatoms. The third-order valence-corrected chi connectivity index (χ3v) is 8.86. The molecule has 9 N–H and O–H groups in total. The molecule has 0 saturated carbocycles. The number of unbranched alkanes of at least 4 members (excludes halogenated alkanes) is 2. The predicted molar refractivity (Wildman–Crippen MR) is 160 cm³/mol. The van der Waals surface area contributed by atoms with Gasteiger partial charge in [0, 0.05) is 11.1 Å². The van der Waals surface area contributed by atoms with Gasteiger partial charge in [-0.25, -0.2) is 0 Å². The van der Waals surface area contributed by atoms with Crippen molar-refractivity contribution < 1.29 is 55.4 Å². The van der Waals surface area contributed by atoms with Gasteiger partial charge in [-0.05, 0) is 59.4 Å². The fourth-order valence-corrected chi connectivity index (χ4v) is 6.19. The number of benzene rings is 2. The van der Waals surface area contributed by atoms with Crippen molar-refractivity contribution in [1.29, 1.82) is 0 Å². The van der Waals surface area contributed by atoms with Crippen molar-refractivity contribution in [2.75, 3.05) is 13.2 Å². The smallest absolute Gasteiger partial charge is 0.147 e. The van der Waals surface area contributed by atoms with E-state index in [-0.39, 0.29) is 0 Å². The van der Waals surface area contributed by atoms with Gasteiger partial charge in [0.2, 0.25) is 0 Å². The number of hydrogen-bond donors (Lipinski definition) is 9. The van der Waals surface area contributed by atoms with Gasteiger partial charge in [-0.15, -0.1) is 0 Å². The molecule has 0 amide bonds. The summed E-state index contributed by atoms with van der Waals surface area (Å²) in [7, 11) is 0. The first-order valence-electron chi connectivity index (χ1n) is 15.2. The Morgan fingerprint density at radius 1 is 0.644 bits per heavy atom. The summed E-state index contributed by atoms with van der Waals surface area (Å²) in [4.78, 5) is 0. The lowest BCUT2D eigenvalue weighted by Gasteiger charge is -2.37. The van der Waals surface area contributed by atoms with Gasteiger partial charge in [0.25, 0.3) is 0 Å². The molecule has 2 aliphatic heterocycles. The molecule has 3 aliphatic rings. The second kappa shape index (κ2) is 13.9. The maximum absolute atomic E-state index is 12.2. The number of fused-ring (bicyclic) bond motifs is 3. The minimum Gasteiger partial charge on any atom is -0.394 e. The number of aliphatic hydroxyl groups is 9. The van der Waals surface area contributed by atoms with Crippen LogP contribution in [0.25, 0.3) is 11.1 Å². The highest BCUT2D eigenvalue weighted by molar-refractivity contribution is 5.81. The van der Waals surface area contributed by atoms with Gasteiger partial charge < -0.3 is 55.4 Å². The molecule has 5 rings (SSSR count). The fraction of sp³-hybridized carbons (Fsp3) is 0.529. The first-order valence-corrected chi connectivity index (χ1v) is 15.2. The number of aliphatic hydroxyl groups excluding tert-OH is 8. The maximum Gasteiger partial charge on any atom is 0.147 e. The van der Waals surface area contributed by atoms with E-state index in [1.165, 1.54) is 0 Å². The Bertz CT molecular complexity index is 1380. The zero-order valence-corrected chi connectivity index (χ0v) is 24.8. The molecule has 1 aliphatic carbocycles. The van der Waals surface area contributed by atoms with Gasteiger partial charge in [-0.1, -0.05) is 55.6 Å².